The van der Waals surface area contributed by atoms with Crippen molar-refractivity contribution in [3.05, 3.63) is 64.8 Å². The van der Waals surface area contributed by atoms with Crippen LogP contribution in [0.4, 0.5) is 17.3 Å². The van der Waals surface area contributed by atoms with Crippen LogP contribution in [0.15, 0.2) is 48.7 Å². The molecule has 2 heterocycles. The molecule has 8 nitrogen and oxygen atoms in total. The largest absolute Gasteiger partial charge is 0.377 e. The van der Waals surface area contributed by atoms with Gasteiger partial charge in [0.05, 0.1) is 30.5 Å². The van der Waals surface area contributed by atoms with E-state index in [2.05, 4.69) is 25.9 Å². The minimum absolute atomic E-state index is 0.130. The molecular formula is C24H24ClN5O3. The number of amides is 2. The monoisotopic (exact) mass is 465 g/mol. The van der Waals surface area contributed by atoms with Crippen LogP contribution < -0.4 is 16.0 Å². The van der Waals surface area contributed by atoms with Gasteiger partial charge in [-0.15, -0.1) is 0 Å². The summed E-state index contributed by atoms with van der Waals surface area (Å²) in [5, 5.41) is 9.37. The zero-order valence-corrected chi connectivity index (χ0v) is 19.1. The van der Waals surface area contributed by atoms with E-state index in [1.165, 1.54) is 0 Å². The van der Waals surface area contributed by atoms with E-state index in [9.17, 15) is 9.59 Å². The van der Waals surface area contributed by atoms with Crippen LogP contribution in [-0.4, -0.2) is 41.0 Å². The molecule has 33 heavy (non-hydrogen) atoms. The Bertz CT molecular complexity index is 1180. The molecule has 0 bridgehead atoms. The quantitative estimate of drug-likeness (QED) is 0.452. The lowest BCUT2D eigenvalue weighted by Crippen LogP contribution is -2.28. The number of nitrogens with zero attached hydrogens (tertiary/aromatic N) is 2. The zero-order chi connectivity index (χ0) is 23.4. The SMILES string of the molecule is CC(C)OCCNC(=O)c1ccc(Nc2ncc3c(n2)-c2ccc(Cl)cc2NC(=O)C3)cc1. The van der Waals surface area contributed by atoms with Crippen molar-refractivity contribution in [2.45, 2.75) is 26.4 Å². The number of fused-ring (bicyclic) bond motifs is 3. The third-order valence-corrected chi connectivity index (χ3v) is 5.20. The average Bonchev–Trinajstić information content (AvgIpc) is 2.91. The van der Waals surface area contributed by atoms with Crippen LogP contribution in [-0.2, 0) is 16.0 Å². The van der Waals surface area contributed by atoms with Gasteiger partial charge in [0.15, 0.2) is 0 Å². The molecule has 0 atom stereocenters. The van der Waals surface area contributed by atoms with E-state index in [0.717, 1.165) is 16.8 Å². The number of nitrogens with one attached hydrogen (secondary N) is 3. The van der Waals surface area contributed by atoms with Gasteiger partial charge in [0.1, 0.15) is 0 Å². The van der Waals surface area contributed by atoms with Crippen molar-refractivity contribution in [1.29, 1.82) is 0 Å². The van der Waals surface area contributed by atoms with Crippen LogP contribution in [0.3, 0.4) is 0 Å². The predicted octanol–water partition coefficient (Wildman–Crippen LogP) is 4.19. The molecule has 2 aromatic carbocycles. The van der Waals surface area contributed by atoms with Crippen LogP contribution in [0.5, 0.6) is 0 Å². The van der Waals surface area contributed by atoms with Crippen molar-refractivity contribution < 1.29 is 14.3 Å². The fourth-order valence-electron chi connectivity index (χ4n) is 3.42. The lowest BCUT2D eigenvalue weighted by molar-refractivity contribution is -0.115. The Morgan fingerprint density at radius 1 is 1.21 bits per heavy atom. The van der Waals surface area contributed by atoms with Crippen molar-refractivity contribution in [3.63, 3.8) is 0 Å². The summed E-state index contributed by atoms with van der Waals surface area (Å²) in [6.07, 6.45) is 1.95. The molecule has 1 aliphatic heterocycles. The second-order valence-corrected chi connectivity index (χ2v) is 8.30. The molecule has 9 heteroatoms. The predicted molar refractivity (Wildman–Crippen MR) is 128 cm³/mol. The summed E-state index contributed by atoms with van der Waals surface area (Å²) in [5.74, 6) is 0.0702. The van der Waals surface area contributed by atoms with Gasteiger partial charge in [0.25, 0.3) is 5.91 Å². The first-order chi connectivity index (χ1) is 15.9. The smallest absolute Gasteiger partial charge is 0.251 e. The Kier molecular flexibility index (Phi) is 6.86. The second kappa shape index (κ2) is 9.97. The Labute approximate surface area is 196 Å². The molecule has 1 aromatic heterocycles. The molecule has 0 radical (unpaired) electrons. The van der Waals surface area contributed by atoms with Crippen LogP contribution in [0.1, 0.15) is 29.8 Å². The number of hydrogen-bond acceptors (Lipinski definition) is 6. The summed E-state index contributed by atoms with van der Waals surface area (Å²) in [5.41, 5.74) is 4.06. The van der Waals surface area contributed by atoms with E-state index >= 15 is 0 Å². The van der Waals surface area contributed by atoms with E-state index < -0.39 is 0 Å². The average molecular weight is 466 g/mol. The molecular weight excluding hydrogens is 442 g/mol. The Hall–Kier alpha value is -3.49. The van der Waals surface area contributed by atoms with Crippen molar-refractivity contribution in [2.24, 2.45) is 0 Å². The first-order valence-electron chi connectivity index (χ1n) is 10.6. The Morgan fingerprint density at radius 3 is 2.76 bits per heavy atom. The van der Waals surface area contributed by atoms with Gasteiger partial charge in [-0.1, -0.05) is 11.6 Å². The van der Waals surface area contributed by atoms with E-state index in [1.54, 1.807) is 42.6 Å². The summed E-state index contributed by atoms with van der Waals surface area (Å²) in [6, 6.07) is 12.3. The Balaban J connectivity index is 1.48. The highest BCUT2D eigenvalue weighted by molar-refractivity contribution is 6.31. The number of benzene rings is 2. The number of carbonyl (C=O) groups excluding carboxylic acids is 2. The first kappa shape index (κ1) is 22.7. The van der Waals surface area contributed by atoms with Gasteiger partial charge >= 0.3 is 0 Å². The first-order valence-corrected chi connectivity index (χ1v) is 11.0. The third-order valence-electron chi connectivity index (χ3n) is 4.97. The highest BCUT2D eigenvalue weighted by atomic mass is 35.5. The van der Waals surface area contributed by atoms with Crippen LogP contribution >= 0.6 is 11.6 Å². The maximum absolute atomic E-state index is 12.3. The standard InChI is InChI=1S/C24H24ClN5O3/c1-14(2)33-10-9-26-23(32)15-3-6-18(7-4-15)28-24-27-13-16-11-21(31)29-20-12-17(25)5-8-19(20)22(16)30-24/h3-8,12-14H,9-11H2,1-2H3,(H,26,32)(H,29,31)(H,27,28,30). The molecule has 170 valence electrons. The minimum atomic E-state index is -0.164. The summed E-state index contributed by atoms with van der Waals surface area (Å²) in [4.78, 5) is 33.5. The third kappa shape index (κ3) is 5.66. The number of carbonyl (C=O) groups is 2. The van der Waals surface area contributed by atoms with Gasteiger partial charge in [-0.3, -0.25) is 9.59 Å². The van der Waals surface area contributed by atoms with E-state index in [0.29, 0.717) is 41.1 Å². The molecule has 3 aromatic rings. The van der Waals surface area contributed by atoms with E-state index in [4.69, 9.17) is 16.3 Å². The van der Waals surface area contributed by atoms with Gasteiger partial charge in [0, 0.05) is 40.1 Å². The molecule has 4 rings (SSSR count). The molecule has 1 aliphatic rings. The molecule has 2 amide bonds. The zero-order valence-electron chi connectivity index (χ0n) is 18.3. The normalized spacial score (nSPS) is 12.4. The summed E-state index contributed by atoms with van der Waals surface area (Å²) in [6.45, 7) is 4.82. The molecule has 0 saturated heterocycles. The molecule has 0 fully saturated rings. The fourth-order valence-corrected chi connectivity index (χ4v) is 3.59. The summed E-state index contributed by atoms with van der Waals surface area (Å²) >= 11 is 6.10. The van der Waals surface area contributed by atoms with Crippen molar-refractivity contribution >= 4 is 40.7 Å². The number of aromatic nitrogens is 2. The maximum atomic E-state index is 12.3. The lowest BCUT2D eigenvalue weighted by atomic mass is 10.1. The fraction of sp³-hybridized carbons (Fsp3) is 0.250. The number of halogens is 1. The van der Waals surface area contributed by atoms with Crippen molar-refractivity contribution in [1.82, 2.24) is 15.3 Å². The molecule has 0 unspecified atom stereocenters. The van der Waals surface area contributed by atoms with Crippen LogP contribution in [0.25, 0.3) is 11.3 Å². The van der Waals surface area contributed by atoms with Crippen LogP contribution in [0, 0.1) is 0 Å². The van der Waals surface area contributed by atoms with Gasteiger partial charge in [-0.2, -0.15) is 0 Å². The van der Waals surface area contributed by atoms with Crippen molar-refractivity contribution in [3.8, 4) is 11.3 Å². The summed E-state index contributed by atoms with van der Waals surface area (Å²) in [7, 11) is 0. The van der Waals surface area contributed by atoms with E-state index in [1.807, 2.05) is 19.9 Å². The topological polar surface area (TPSA) is 105 Å². The van der Waals surface area contributed by atoms with E-state index in [-0.39, 0.29) is 24.3 Å². The highest BCUT2D eigenvalue weighted by Gasteiger charge is 2.21. The molecule has 0 saturated carbocycles. The minimum Gasteiger partial charge on any atom is -0.377 e. The maximum Gasteiger partial charge on any atom is 0.251 e. The van der Waals surface area contributed by atoms with Gasteiger partial charge in [-0.25, -0.2) is 9.97 Å². The van der Waals surface area contributed by atoms with Gasteiger partial charge < -0.3 is 20.7 Å². The number of rotatable bonds is 7. The summed E-state index contributed by atoms with van der Waals surface area (Å²) < 4.78 is 5.43. The highest BCUT2D eigenvalue weighted by Crippen LogP contribution is 2.34. The molecule has 0 aliphatic carbocycles. The number of anilines is 3. The second-order valence-electron chi connectivity index (χ2n) is 7.86. The molecule has 0 spiro atoms. The number of ether oxygens (including phenoxy) is 1. The van der Waals surface area contributed by atoms with Gasteiger partial charge in [0.2, 0.25) is 11.9 Å². The van der Waals surface area contributed by atoms with Crippen LogP contribution in [0.2, 0.25) is 5.02 Å². The number of hydrogen-bond donors (Lipinski definition) is 3. The van der Waals surface area contributed by atoms with Gasteiger partial charge in [-0.05, 0) is 56.3 Å². The van der Waals surface area contributed by atoms with Crippen molar-refractivity contribution in [2.75, 3.05) is 23.8 Å². The Morgan fingerprint density at radius 2 is 2.00 bits per heavy atom. The molecule has 3 N–H and O–H groups in total. The lowest BCUT2D eigenvalue weighted by Gasteiger charge is -2.11.